The third kappa shape index (κ3) is 2.88. The van der Waals surface area contributed by atoms with Gasteiger partial charge in [0.25, 0.3) is 0 Å². The van der Waals surface area contributed by atoms with Gasteiger partial charge >= 0.3 is 0 Å². The van der Waals surface area contributed by atoms with Gasteiger partial charge in [-0.3, -0.25) is 4.99 Å². The largest absolute Gasteiger partial charge is 0.370 e. The van der Waals surface area contributed by atoms with Gasteiger partial charge in [-0.25, -0.2) is 0 Å². The lowest BCUT2D eigenvalue weighted by molar-refractivity contribution is 0.701. The molecule has 0 aromatic heterocycles. The fourth-order valence-electron chi connectivity index (χ4n) is 1.80. The summed E-state index contributed by atoms with van der Waals surface area (Å²) in [5, 5.41) is 0. The quantitative estimate of drug-likeness (QED) is 0.468. The van der Waals surface area contributed by atoms with Crippen LogP contribution in [0, 0.1) is 0 Å². The fraction of sp³-hybridized carbons (Fsp3) is 0.364. The Morgan fingerprint density at radius 2 is 1.94 bits per heavy atom. The normalized spacial score (nSPS) is 16.1. The lowest BCUT2D eigenvalue weighted by atomic mass is 9.96. The van der Waals surface area contributed by atoms with E-state index in [-0.39, 0.29) is 35.4 Å². The van der Waals surface area contributed by atoms with Crippen molar-refractivity contribution in [3.63, 3.8) is 0 Å². The van der Waals surface area contributed by atoms with Crippen LogP contribution < -0.4 is 11.5 Å². The van der Waals surface area contributed by atoms with Crippen molar-refractivity contribution in [3.05, 3.63) is 34.3 Å². The highest BCUT2D eigenvalue weighted by atomic mass is 127. The summed E-state index contributed by atoms with van der Waals surface area (Å²) >= 11 is 3.57. The van der Waals surface area contributed by atoms with Crippen molar-refractivity contribution >= 4 is 45.9 Å². The van der Waals surface area contributed by atoms with Gasteiger partial charge in [0.15, 0.2) is 5.96 Å². The van der Waals surface area contributed by atoms with Crippen molar-refractivity contribution in [2.75, 3.05) is 6.54 Å². The van der Waals surface area contributed by atoms with Crippen LogP contribution in [-0.4, -0.2) is 12.5 Å². The van der Waals surface area contributed by atoms with Crippen LogP contribution in [0.1, 0.15) is 18.4 Å². The molecule has 2 rings (SSSR count). The monoisotopic (exact) mass is 395 g/mol. The molecule has 0 bridgehead atoms. The van der Waals surface area contributed by atoms with Crippen molar-refractivity contribution in [2.24, 2.45) is 16.5 Å². The van der Waals surface area contributed by atoms with Gasteiger partial charge in [0.05, 0.1) is 6.54 Å². The Hall–Kier alpha value is -0.300. The topological polar surface area (TPSA) is 64.4 Å². The number of benzene rings is 1. The van der Waals surface area contributed by atoms with E-state index in [9.17, 15) is 0 Å². The second-order valence-electron chi connectivity index (χ2n) is 4.00. The number of aliphatic imine (C=N–C) groups is 1. The number of hydrogen-bond donors (Lipinski definition) is 2. The summed E-state index contributed by atoms with van der Waals surface area (Å²) in [4.78, 5) is 4.13. The van der Waals surface area contributed by atoms with Crippen LogP contribution >= 0.6 is 39.9 Å². The zero-order valence-corrected chi connectivity index (χ0v) is 12.7. The summed E-state index contributed by atoms with van der Waals surface area (Å²) in [6.45, 7) is 0.692. The van der Waals surface area contributed by atoms with Crippen molar-refractivity contribution in [1.82, 2.24) is 0 Å². The molecule has 0 amide bonds. The highest BCUT2D eigenvalue weighted by molar-refractivity contribution is 14.0. The molecule has 1 fully saturated rings. The van der Waals surface area contributed by atoms with Gasteiger partial charge in [-0.15, -0.1) is 24.0 Å². The third-order valence-electron chi connectivity index (χ3n) is 2.86. The highest BCUT2D eigenvalue weighted by Crippen LogP contribution is 2.50. The van der Waals surface area contributed by atoms with Crippen LogP contribution in [0.25, 0.3) is 0 Å². The van der Waals surface area contributed by atoms with Crippen molar-refractivity contribution < 1.29 is 0 Å². The maximum absolute atomic E-state index is 5.36. The Morgan fingerprint density at radius 1 is 1.31 bits per heavy atom. The number of guanidine groups is 1. The van der Waals surface area contributed by atoms with E-state index in [4.69, 9.17) is 11.5 Å². The maximum atomic E-state index is 5.36. The van der Waals surface area contributed by atoms with Crippen molar-refractivity contribution in [3.8, 4) is 0 Å². The Labute approximate surface area is 121 Å². The molecule has 0 heterocycles. The van der Waals surface area contributed by atoms with Gasteiger partial charge in [0.2, 0.25) is 0 Å². The predicted octanol–water partition coefficient (Wildman–Crippen LogP) is 2.37. The van der Waals surface area contributed by atoms with Gasteiger partial charge in [-0.1, -0.05) is 34.1 Å². The molecular weight excluding hydrogens is 381 g/mol. The van der Waals surface area contributed by atoms with E-state index in [1.165, 1.54) is 5.56 Å². The molecule has 0 aliphatic heterocycles. The Bertz CT molecular complexity index is 398. The molecule has 0 radical (unpaired) electrons. The van der Waals surface area contributed by atoms with Gasteiger partial charge in [-0.2, -0.15) is 0 Å². The molecule has 3 nitrogen and oxygen atoms in total. The number of halogens is 2. The van der Waals surface area contributed by atoms with Gasteiger partial charge < -0.3 is 11.5 Å². The van der Waals surface area contributed by atoms with Gasteiger partial charge in [-0.05, 0) is 24.5 Å². The molecule has 4 N–H and O–H groups in total. The van der Waals surface area contributed by atoms with Crippen LogP contribution in [-0.2, 0) is 5.41 Å². The molecule has 0 spiro atoms. The van der Waals surface area contributed by atoms with E-state index >= 15 is 0 Å². The minimum absolute atomic E-state index is 0. The van der Waals surface area contributed by atoms with Crippen LogP contribution in [0.15, 0.2) is 33.7 Å². The van der Waals surface area contributed by atoms with Crippen LogP contribution in [0.3, 0.4) is 0 Å². The number of hydrogen-bond acceptors (Lipinski definition) is 1. The van der Waals surface area contributed by atoms with Gasteiger partial charge in [0, 0.05) is 9.89 Å². The number of rotatable bonds is 3. The molecule has 1 aromatic carbocycles. The van der Waals surface area contributed by atoms with Crippen LogP contribution in [0.5, 0.6) is 0 Å². The molecule has 5 heteroatoms. The molecule has 1 aliphatic rings. The number of nitrogens with zero attached hydrogens (tertiary/aromatic N) is 1. The third-order valence-corrected chi connectivity index (χ3v) is 3.55. The number of nitrogens with two attached hydrogens (primary N) is 2. The zero-order chi connectivity index (χ0) is 10.9. The minimum Gasteiger partial charge on any atom is -0.370 e. The lowest BCUT2D eigenvalue weighted by Crippen LogP contribution is -2.25. The Morgan fingerprint density at radius 3 is 2.44 bits per heavy atom. The van der Waals surface area contributed by atoms with Crippen molar-refractivity contribution in [2.45, 2.75) is 18.3 Å². The van der Waals surface area contributed by atoms with Crippen molar-refractivity contribution in [1.29, 1.82) is 0 Å². The molecule has 1 aromatic rings. The zero-order valence-electron chi connectivity index (χ0n) is 8.82. The average molecular weight is 396 g/mol. The SMILES string of the molecule is I.NC(N)=NCC1(c2ccccc2Br)CC1. The molecule has 0 saturated heterocycles. The van der Waals surface area contributed by atoms with Crippen LogP contribution in [0.4, 0.5) is 0 Å². The minimum atomic E-state index is 0. The smallest absolute Gasteiger partial charge is 0.185 e. The first-order valence-corrected chi connectivity index (χ1v) is 5.74. The van der Waals surface area contributed by atoms with E-state index in [0.29, 0.717) is 6.54 Å². The van der Waals surface area contributed by atoms with E-state index < -0.39 is 0 Å². The summed E-state index contributed by atoms with van der Waals surface area (Å²) in [5.41, 5.74) is 12.2. The lowest BCUT2D eigenvalue weighted by Gasteiger charge is -2.14. The molecule has 1 saturated carbocycles. The van der Waals surface area contributed by atoms with Gasteiger partial charge in [0.1, 0.15) is 0 Å². The second-order valence-corrected chi connectivity index (χ2v) is 4.86. The fourth-order valence-corrected chi connectivity index (χ4v) is 2.50. The second kappa shape index (κ2) is 5.35. The average Bonchev–Trinajstić information content (AvgIpc) is 2.97. The first-order valence-electron chi connectivity index (χ1n) is 4.94. The summed E-state index contributed by atoms with van der Waals surface area (Å²) in [7, 11) is 0. The molecule has 16 heavy (non-hydrogen) atoms. The molecule has 0 unspecified atom stereocenters. The standard InChI is InChI=1S/C11H14BrN3.HI/c12-9-4-2-1-3-8(9)11(5-6-11)7-15-10(13)14;/h1-4H,5-7H2,(H4,13,14,15);1H. The molecular formula is C11H15BrIN3. The first kappa shape index (κ1) is 13.8. The Kier molecular flexibility index (Phi) is 4.61. The summed E-state index contributed by atoms with van der Waals surface area (Å²) in [5.74, 6) is 0.174. The predicted molar refractivity (Wildman–Crippen MR) is 81.1 cm³/mol. The summed E-state index contributed by atoms with van der Waals surface area (Å²) < 4.78 is 1.15. The van der Waals surface area contributed by atoms with E-state index in [0.717, 1.165) is 17.3 Å². The maximum Gasteiger partial charge on any atom is 0.185 e. The van der Waals surface area contributed by atoms with Crippen LogP contribution in [0.2, 0.25) is 0 Å². The summed E-state index contributed by atoms with van der Waals surface area (Å²) in [6.07, 6.45) is 2.32. The summed E-state index contributed by atoms with van der Waals surface area (Å²) in [6, 6.07) is 8.27. The first-order chi connectivity index (χ1) is 7.14. The molecule has 0 atom stereocenters. The molecule has 88 valence electrons. The molecule has 1 aliphatic carbocycles. The highest BCUT2D eigenvalue weighted by Gasteiger charge is 2.45. The Balaban J connectivity index is 0.00000128. The van der Waals surface area contributed by atoms with E-state index in [1.807, 2.05) is 6.07 Å². The van der Waals surface area contributed by atoms with E-state index in [2.05, 4.69) is 39.1 Å². The van der Waals surface area contributed by atoms with E-state index in [1.54, 1.807) is 0 Å².